The molecule has 0 saturated heterocycles. The molecule has 4 nitrogen and oxygen atoms in total. The second kappa shape index (κ2) is 7.79. The number of nitrogens with one attached hydrogen (secondary N) is 1. The lowest BCUT2D eigenvalue weighted by atomic mass is 9.98. The molecule has 0 saturated carbocycles. The van der Waals surface area contributed by atoms with Crippen LogP contribution in [0.2, 0.25) is 0 Å². The van der Waals surface area contributed by atoms with Crippen LogP contribution >= 0.6 is 11.3 Å². The van der Waals surface area contributed by atoms with Gasteiger partial charge >= 0.3 is 0 Å². The summed E-state index contributed by atoms with van der Waals surface area (Å²) in [7, 11) is 0. The van der Waals surface area contributed by atoms with Gasteiger partial charge in [-0.05, 0) is 23.6 Å². The van der Waals surface area contributed by atoms with Gasteiger partial charge in [-0.2, -0.15) is 0 Å². The van der Waals surface area contributed by atoms with E-state index in [1.807, 2.05) is 12.1 Å². The maximum atomic E-state index is 5.99. The highest BCUT2D eigenvalue weighted by molar-refractivity contribution is 7.09. The quantitative estimate of drug-likeness (QED) is 0.618. The van der Waals surface area contributed by atoms with Crippen molar-refractivity contribution in [1.82, 2.24) is 4.98 Å². The van der Waals surface area contributed by atoms with E-state index in [4.69, 9.17) is 5.73 Å². The Bertz CT molecular complexity index is 695. The van der Waals surface area contributed by atoms with E-state index in [1.54, 1.807) is 11.3 Å². The fourth-order valence-electron chi connectivity index (χ4n) is 2.22. The van der Waals surface area contributed by atoms with E-state index < -0.39 is 0 Å². The summed E-state index contributed by atoms with van der Waals surface area (Å²) < 4.78 is 0. The fourth-order valence-corrected chi connectivity index (χ4v) is 3.16. The molecule has 0 aliphatic carbocycles. The van der Waals surface area contributed by atoms with Gasteiger partial charge in [0, 0.05) is 29.4 Å². The first kappa shape index (κ1) is 18.5. The summed E-state index contributed by atoms with van der Waals surface area (Å²) in [6.07, 6.45) is 0.807. The average Bonchev–Trinajstić information content (AvgIpc) is 2.96. The third-order valence-corrected chi connectivity index (χ3v) is 4.99. The number of hydrogen-bond donors (Lipinski definition) is 2. The van der Waals surface area contributed by atoms with Gasteiger partial charge < -0.3 is 11.1 Å². The van der Waals surface area contributed by atoms with Crippen LogP contribution in [-0.4, -0.2) is 17.5 Å². The molecule has 5 heteroatoms. The molecule has 2 aromatic rings. The van der Waals surface area contributed by atoms with Crippen LogP contribution in [0.1, 0.15) is 56.8 Å². The van der Waals surface area contributed by atoms with Crippen molar-refractivity contribution in [1.29, 1.82) is 0 Å². The minimum atomic E-state index is 0.105. The van der Waals surface area contributed by atoms with E-state index in [1.165, 1.54) is 5.56 Å². The Morgan fingerprint density at radius 1 is 1.33 bits per heavy atom. The highest BCUT2D eigenvalue weighted by Crippen LogP contribution is 2.25. The lowest BCUT2D eigenvalue weighted by Gasteiger charge is -2.13. The first-order chi connectivity index (χ1) is 11.3. The van der Waals surface area contributed by atoms with Crippen molar-refractivity contribution in [3.05, 3.63) is 45.9 Å². The summed E-state index contributed by atoms with van der Waals surface area (Å²) in [5, 5.41) is 6.44. The Hall–Kier alpha value is -1.88. The monoisotopic (exact) mass is 344 g/mol. The highest BCUT2D eigenvalue weighted by atomic mass is 32.1. The molecule has 3 N–H and O–H groups in total. The van der Waals surface area contributed by atoms with Crippen LogP contribution < -0.4 is 11.1 Å². The number of nitrogens with two attached hydrogens (primary N) is 1. The molecule has 0 atom stereocenters. The van der Waals surface area contributed by atoms with E-state index in [0.717, 1.165) is 22.8 Å². The fraction of sp³-hybridized carbons (Fsp3) is 0.474. The number of nitrogens with zero attached hydrogens (tertiary/aromatic N) is 2. The van der Waals surface area contributed by atoms with Crippen molar-refractivity contribution in [3.8, 4) is 0 Å². The third-order valence-electron chi connectivity index (χ3n) is 3.67. The van der Waals surface area contributed by atoms with Crippen LogP contribution in [-0.2, 0) is 11.8 Å². The largest absolute Gasteiger partial charge is 0.370 e. The number of anilines is 1. The Balaban J connectivity index is 1.90. The second-order valence-electron chi connectivity index (χ2n) is 7.32. The maximum absolute atomic E-state index is 5.99. The van der Waals surface area contributed by atoms with E-state index in [9.17, 15) is 0 Å². The minimum Gasteiger partial charge on any atom is -0.370 e. The Morgan fingerprint density at radius 2 is 2.08 bits per heavy atom. The standard InChI is InChI=1S/C19H28N4S/c1-13(2)14-7-6-8-15(11-14)23-18(20)21-10-9-16-12-24-17(22-16)19(3,4)5/h6-8,11-13H,9-10H2,1-5H3,(H3,20,21,23). The second-order valence-corrected chi connectivity index (χ2v) is 8.17. The Kier molecular flexibility index (Phi) is 5.99. The zero-order valence-electron chi connectivity index (χ0n) is 15.3. The van der Waals surface area contributed by atoms with E-state index in [0.29, 0.717) is 18.4 Å². The average molecular weight is 345 g/mol. The van der Waals surface area contributed by atoms with Gasteiger partial charge in [0.25, 0.3) is 0 Å². The Labute approximate surface area is 149 Å². The molecule has 2 rings (SSSR count). The highest BCUT2D eigenvalue weighted by Gasteiger charge is 2.17. The van der Waals surface area contributed by atoms with Gasteiger partial charge in [0.15, 0.2) is 5.96 Å². The van der Waals surface area contributed by atoms with Gasteiger partial charge in [-0.15, -0.1) is 11.3 Å². The van der Waals surface area contributed by atoms with Gasteiger partial charge in [0.05, 0.1) is 10.7 Å². The zero-order chi connectivity index (χ0) is 17.7. The number of guanidine groups is 1. The molecule has 1 heterocycles. The molecule has 0 aliphatic rings. The topological polar surface area (TPSA) is 63.3 Å². The summed E-state index contributed by atoms with van der Waals surface area (Å²) >= 11 is 1.72. The number of benzene rings is 1. The molecule has 0 aliphatic heterocycles. The molecule has 0 bridgehead atoms. The molecule has 1 aromatic heterocycles. The molecular formula is C19H28N4S. The summed E-state index contributed by atoms with van der Waals surface area (Å²) in [5.74, 6) is 0.939. The Morgan fingerprint density at radius 3 is 2.71 bits per heavy atom. The predicted octanol–water partition coefficient (Wildman–Crippen LogP) is 4.53. The first-order valence-corrected chi connectivity index (χ1v) is 9.25. The third kappa shape index (κ3) is 5.34. The number of aromatic nitrogens is 1. The van der Waals surface area contributed by atoms with Crippen LogP contribution in [0.25, 0.3) is 0 Å². The van der Waals surface area contributed by atoms with E-state index in [-0.39, 0.29) is 5.41 Å². The van der Waals surface area contributed by atoms with Crippen LogP contribution in [0.4, 0.5) is 5.69 Å². The van der Waals surface area contributed by atoms with E-state index >= 15 is 0 Å². The van der Waals surface area contributed by atoms with Crippen LogP contribution in [0.5, 0.6) is 0 Å². The van der Waals surface area contributed by atoms with Crippen molar-refractivity contribution >= 4 is 23.0 Å². The number of rotatable bonds is 5. The zero-order valence-corrected chi connectivity index (χ0v) is 16.1. The molecule has 0 amide bonds. The molecule has 0 unspecified atom stereocenters. The minimum absolute atomic E-state index is 0.105. The SMILES string of the molecule is CC(C)c1cccc(NC(N)=NCCc2csc(C(C)(C)C)n2)c1. The number of thiazole rings is 1. The molecule has 0 radical (unpaired) electrons. The lowest BCUT2D eigenvalue weighted by molar-refractivity contribution is 0.583. The van der Waals surface area contributed by atoms with Gasteiger partial charge in [-0.1, -0.05) is 46.8 Å². The van der Waals surface area contributed by atoms with Crippen LogP contribution in [0, 0.1) is 0 Å². The molecule has 0 fully saturated rings. The molecular weight excluding hydrogens is 316 g/mol. The summed E-state index contributed by atoms with van der Waals surface area (Å²) in [6.45, 7) is 11.5. The van der Waals surface area contributed by atoms with Gasteiger partial charge in [0.1, 0.15) is 0 Å². The van der Waals surface area contributed by atoms with Gasteiger partial charge in [-0.3, -0.25) is 4.99 Å². The number of aliphatic imine (C=N–C) groups is 1. The summed E-state index contributed by atoms with van der Waals surface area (Å²) in [6, 6.07) is 8.28. The normalized spacial score (nSPS) is 12.7. The summed E-state index contributed by atoms with van der Waals surface area (Å²) in [4.78, 5) is 9.09. The predicted molar refractivity (Wildman–Crippen MR) is 105 cm³/mol. The van der Waals surface area contributed by atoms with Gasteiger partial charge in [-0.25, -0.2) is 4.98 Å². The van der Waals surface area contributed by atoms with Crippen LogP contribution in [0.15, 0.2) is 34.6 Å². The maximum Gasteiger partial charge on any atom is 0.193 e. The van der Waals surface area contributed by atoms with Crippen molar-refractivity contribution in [2.75, 3.05) is 11.9 Å². The van der Waals surface area contributed by atoms with Crippen molar-refractivity contribution in [2.45, 2.75) is 52.4 Å². The molecule has 24 heavy (non-hydrogen) atoms. The van der Waals surface area contributed by atoms with Crippen molar-refractivity contribution < 1.29 is 0 Å². The van der Waals surface area contributed by atoms with E-state index in [2.05, 4.69) is 67.4 Å². The smallest absolute Gasteiger partial charge is 0.193 e. The van der Waals surface area contributed by atoms with Crippen molar-refractivity contribution in [3.63, 3.8) is 0 Å². The molecule has 1 aromatic carbocycles. The molecule has 130 valence electrons. The molecule has 0 spiro atoms. The summed E-state index contributed by atoms with van der Waals surface area (Å²) in [5.41, 5.74) is 9.44. The van der Waals surface area contributed by atoms with Crippen LogP contribution in [0.3, 0.4) is 0 Å². The number of hydrogen-bond acceptors (Lipinski definition) is 3. The lowest BCUT2D eigenvalue weighted by Crippen LogP contribution is -2.23. The first-order valence-electron chi connectivity index (χ1n) is 8.37. The van der Waals surface area contributed by atoms with Crippen molar-refractivity contribution in [2.24, 2.45) is 10.7 Å². The van der Waals surface area contributed by atoms with Gasteiger partial charge in [0.2, 0.25) is 0 Å².